The normalized spacial score (nSPS) is 13.0. The Hall–Kier alpha value is -1.16. The molecular weight excluding hydrogens is 144 g/mol. The molecule has 11 heavy (non-hydrogen) atoms. The van der Waals surface area contributed by atoms with Crippen molar-refractivity contribution in [2.45, 2.75) is 13.0 Å². The maximum Gasteiger partial charge on any atom is 0.164 e. The van der Waals surface area contributed by atoms with Gasteiger partial charge in [-0.2, -0.15) is 0 Å². The van der Waals surface area contributed by atoms with Crippen LogP contribution < -0.4 is 0 Å². The highest BCUT2D eigenvalue weighted by atomic mass is 16.3. The van der Waals surface area contributed by atoms with Crippen LogP contribution in [0.1, 0.15) is 18.7 Å². The third-order valence-corrected chi connectivity index (χ3v) is 1.52. The molecule has 0 fully saturated rings. The predicted octanol–water partition coefficient (Wildman–Crippen LogP) is 0.0425. The fourth-order valence-corrected chi connectivity index (χ4v) is 0.839. The Labute approximate surface area is 64.5 Å². The number of aromatic nitrogens is 2. The minimum atomic E-state index is -1.04. The Morgan fingerprint density at radius 2 is 2.45 bits per heavy atom. The summed E-state index contributed by atoms with van der Waals surface area (Å²) in [6, 6.07) is 0. The van der Waals surface area contributed by atoms with Gasteiger partial charge in [0.15, 0.2) is 11.9 Å². The largest absolute Gasteiger partial charge is 0.379 e. The lowest BCUT2D eigenvalue weighted by molar-refractivity contribution is -0.125. The highest BCUT2D eigenvalue weighted by Crippen LogP contribution is 2.10. The van der Waals surface area contributed by atoms with Gasteiger partial charge in [-0.3, -0.25) is 4.79 Å². The van der Waals surface area contributed by atoms with Crippen LogP contribution in [0.3, 0.4) is 0 Å². The number of aryl methyl sites for hydroxylation is 1. The first-order chi connectivity index (χ1) is 5.13. The zero-order valence-corrected chi connectivity index (χ0v) is 6.48. The monoisotopic (exact) mass is 154 g/mol. The summed E-state index contributed by atoms with van der Waals surface area (Å²) in [5.41, 5.74) is 0.525. The zero-order chi connectivity index (χ0) is 8.43. The summed E-state index contributed by atoms with van der Waals surface area (Å²) < 4.78 is 1.62. The van der Waals surface area contributed by atoms with Crippen LogP contribution in [0.2, 0.25) is 0 Å². The van der Waals surface area contributed by atoms with E-state index in [9.17, 15) is 9.90 Å². The first-order valence-corrected chi connectivity index (χ1v) is 3.27. The number of hydrogen-bond acceptors (Lipinski definition) is 3. The standard InChI is InChI=1S/C7H10N2O2/c1-5(10)7(11)6-3-8-4-9(6)2/h3-4,7,11H,1-2H3. The minimum absolute atomic E-state index is 0.270. The first kappa shape index (κ1) is 7.94. The lowest BCUT2D eigenvalue weighted by Crippen LogP contribution is -2.11. The molecule has 0 bridgehead atoms. The number of ketones is 1. The van der Waals surface area contributed by atoms with Gasteiger partial charge in [-0.15, -0.1) is 0 Å². The molecule has 0 saturated heterocycles. The lowest BCUT2D eigenvalue weighted by Gasteiger charge is -2.05. The van der Waals surface area contributed by atoms with E-state index in [0.717, 1.165) is 0 Å². The van der Waals surface area contributed by atoms with Gasteiger partial charge in [-0.05, 0) is 6.92 Å². The molecule has 1 aromatic rings. The molecule has 0 saturated carbocycles. The average molecular weight is 154 g/mol. The number of rotatable bonds is 2. The molecule has 1 heterocycles. The molecule has 60 valence electrons. The van der Waals surface area contributed by atoms with Crippen molar-refractivity contribution in [3.05, 3.63) is 18.2 Å². The van der Waals surface area contributed by atoms with Crippen LogP contribution in [0.5, 0.6) is 0 Å². The fourth-order valence-electron chi connectivity index (χ4n) is 0.839. The molecule has 0 aromatic carbocycles. The Morgan fingerprint density at radius 3 is 2.82 bits per heavy atom. The Bertz CT molecular complexity index is 267. The number of carbonyl (C=O) groups excluding carboxylic acids is 1. The summed E-state index contributed by atoms with van der Waals surface area (Å²) in [6.45, 7) is 1.34. The minimum Gasteiger partial charge on any atom is -0.379 e. The summed E-state index contributed by atoms with van der Waals surface area (Å²) in [7, 11) is 1.73. The molecule has 0 radical (unpaired) electrons. The van der Waals surface area contributed by atoms with Crippen LogP contribution in [0.15, 0.2) is 12.5 Å². The number of hydrogen-bond donors (Lipinski definition) is 1. The zero-order valence-electron chi connectivity index (χ0n) is 6.48. The van der Waals surface area contributed by atoms with E-state index >= 15 is 0 Å². The Morgan fingerprint density at radius 1 is 1.82 bits per heavy atom. The molecule has 0 spiro atoms. The maximum atomic E-state index is 10.7. The molecule has 4 heteroatoms. The molecule has 0 aliphatic carbocycles. The topological polar surface area (TPSA) is 55.1 Å². The van der Waals surface area contributed by atoms with Crippen molar-refractivity contribution >= 4 is 5.78 Å². The number of aliphatic hydroxyl groups excluding tert-OH is 1. The van der Waals surface area contributed by atoms with Gasteiger partial charge in [0.05, 0.1) is 18.2 Å². The Kier molecular flexibility index (Phi) is 2.05. The average Bonchev–Trinajstić information content (AvgIpc) is 2.33. The smallest absolute Gasteiger partial charge is 0.164 e. The lowest BCUT2D eigenvalue weighted by atomic mass is 10.2. The molecule has 0 aliphatic rings. The van der Waals surface area contributed by atoms with Gasteiger partial charge < -0.3 is 9.67 Å². The van der Waals surface area contributed by atoms with Crippen molar-refractivity contribution in [3.63, 3.8) is 0 Å². The number of aliphatic hydroxyl groups is 1. The summed E-state index contributed by atoms with van der Waals surface area (Å²) >= 11 is 0. The van der Waals surface area contributed by atoms with Crippen LogP contribution in [0, 0.1) is 0 Å². The molecule has 1 aromatic heterocycles. The Balaban J connectivity index is 2.92. The quantitative estimate of drug-likeness (QED) is 0.654. The van der Waals surface area contributed by atoms with Crippen LogP contribution in [-0.4, -0.2) is 20.4 Å². The number of Topliss-reactive ketones (excluding diaryl/α,β-unsaturated/α-hetero) is 1. The van der Waals surface area contributed by atoms with Gasteiger partial charge in [0.1, 0.15) is 0 Å². The van der Waals surface area contributed by atoms with E-state index in [1.807, 2.05) is 0 Å². The van der Waals surface area contributed by atoms with E-state index in [-0.39, 0.29) is 5.78 Å². The van der Waals surface area contributed by atoms with Crippen molar-refractivity contribution in [1.82, 2.24) is 9.55 Å². The molecule has 1 N–H and O–H groups in total. The van der Waals surface area contributed by atoms with E-state index in [1.165, 1.54) is 13.1 Å². The van der Waals surface area contributed by atoms with E-state index in [4.69, 9.17) is 0 Å². The number of imidazole rings is 1. The van der Waals surface area contributed by atoms with Gasteiger partial charge in [0.25, 0.3) is 0 Å². The maximum absolute atomic E-state index is 10.7. The second kappa shape index (κ2) is 2.84. The molecule has 0 amide bonds. The van der Waals surface area contributed by atoms with Gasteiger partial charge in [-0.1, -0.05) is 0 Å². The predicted molar refractivity (Wildman–Crippen MR) is 38.8 cm³/mol. The van der Waals surface area contributed by atoms with Gasteiger partial charge in [0, 0.05) is 7.05 Å². The summed E-state index contributed by atoms with van der Waals surface area (Å²) in [5, 5.41) is 9.26. The van der Waals surface area contributed by atoms with E-state index in [1.54, 1.807) is 17.9 Å². The number of carbonyl (C=O) groups is 1. The van der Waals surface area contributed by atoms with Gasteiger partial charge >= 0.3 is 0 Å². The van der Waals surface area contributed by atoms with Gasteiger partial charge in [-0.25, -0.2) is 4.98 Å². The molecular formula is C7H10N2O2. The summed E-state index contributed by atoms with van der Waals surface area (Å²) in [5.74, 6) is -0.270. The van der Waals surface area contributed by atoms with Crippen LogP contribution in [0.4, 0.5) is 0 Å². The second-order valence-corrected chi connectivity index (χ2v) is 2.44. The highest BCUT2D eigenvalue weighted by molar-refractivity contribution is 5.81. The van der Waals surface area contributed by atoms with Crippen molar-refractivity contribution < 1.29 is 9.90 Å². The first-order valence-electron chi connectivity index (χ1n) is 3.27. The SMILES string of the molecule is CC(=O)C(O)c1cncn1C. The van der Waals surface area contributed by atoms with Crippen molar-refractivity contribution in [1.29, 1.82) is 0 Å². The summed E-state index contributed by atoms with van der Waals surface area (Å²) in [4.78, 5) is 14.5. The molecule has 1 rings (SSSR count). The summed E-state index contributed by atoms with van der Waals surface area (Å²) in [6.07, 6.45) is 1.98. The molecule has 1 unspecified atom stereocenters. The van der Waals surface area contributed by atoms with Crippen molar-refractivity contribution in [2.75, 3.05) is 0 Å². The second-order valence-electron chi connectivity index (χ2n) is 2.44. The van der Waals surface area contributed by atoms with Crippen molar-refractivity contribution in [3.8, 4) is 0 Å². The van der Waals surface area contributed by atoms with Gasteiger partial charge in [0.2, 0.25) is 0 Å². The van der Waals surface area contributed by atoms with Crippen LogP contribution in [-0.2, 0) is 11.8 Å². The van der Waals surface area contributed by atoms with E-state index in [2.05, 4.69) is 4.98 Å². The fraction of sp³-hybridized carbons (Fsp3) is 0.429. The van der Waals surface area contributed by atoms with Crippen LogP contribution >= 0.6 is 0 Å². The molecule has 1 atom stereocenters. The third kappa shape index (κ3) is 1.46. The van der Waals surface area contributed by atoms with Crippen LogP contribution in [0.25, 0.3) is 0 Å². The number of nitrogens with zero attached hydrogens (tertiary/aromatic N) is 2. The molecule has 4 nitrogen and oxygen atoms in total. The highest BCUT2D eigenvalue weighted by Gasteiger charge is 2.15. The third-order valence-electron chi connectivity index (χ3n) is 1.52. The van der Waals surface area contributed by atoms with E-state index < -0.39 is 6.10 Å². The molecule has 0 aliphatic heterocycles. The van der Waals surface area contributed by atoms with E-state index in [0.29, 0.717) is 5.69 Å². The van der Waals surface area contributed by atoms with Crippen molar-refractivity contribution in [2.24, 2.45) is 7.05 Å².